The number of anilines is 1. The van der Waals surface area contributed by atoms with Gasteiger partial charge in [-0.25, -0.2) is 0 Å². The molecule has 0 unspecified atom stereocenters. The van der Waals surface area contributed by atoms with E-state index in [-0.39, 0.29) is 22.5 Å². The van der Waals surface area contributed by atoms with Crippen molar-refractivity contribution in [1.29, 1.82) is 10.5 Å². The summed E-state index contributed by atoms with van der Waals surface area (Å²) in [6.07, 6.45) is 1.49. The average molecular weight is 291 g/mol. The molecule has 0 aliphatic rings. The first-order valence-electron chi connectivity index (χ1n) is 6.12. The summed E-state index contributed by atoms with van der Waals surface area (Å²) in [6, 6.07) is 15.0. The highest BCUT2D eigenvalue weighted by Crippen LogP contribution is 2.28. The molecule has 7 heteroatoms. The number of hydrazone groups is 1. The summed E-state index contributed by atoms with van der Waals surface area (Å²) >= 11 is 0. The lowest BCUT2D eigenvalue weighted by molar-refractivity contribution is -0.384. The second kappa shape index (κ2) is 6.64. The second-order valence-electron chi connectivity index (χ2n) is 4.18. The number of benzene rings is 2. The van der Waals surface area contributed by atoms with Crippen LogP contribution in [0.25, 0.3) is 0 Å². The molecule has 0 spiro atoms. The van der Waals surface area contributed by atoms with Crippen LogP contribution in [0.4, 0.5) is 11.4 Å². The Morgan fingerprint density at radius 2 is 1.77 bits per heavy atom. The van der Waals surface area contributed by atoms with Crippen molar-refractivity contribution in [3.63, 3.8) is 0 Å². The SMILES string of the molecule is N#Cc1cc(N/N=C/c2ccccc2)c([N+](=O)[O-])cc1C#N. The predicted molar refractivity (Wildman–Crippen MR) is 80.2 cm³/mol. The molecule has 0 fully saturated rings. The van der Waals surface area contributed by atoms with E-state index in [1.54, 1.807) is 6.07 Å². The molecule has 0 atom stereocenters. The van der Waals surface area contributed by atoms with Crippen LogP contribution in [0, 0.1) is 32.8 Å². The van der Waals surface area contributed by atoms with Gasteiger partial charge in [-0.3, -0.25) is 15.5 Å². The lowest BCUT2D eigenvalue weighted by Crippen LogP contribution is -1.99. The van der Waals surface area contributed by atoms with E-state index in [4.69, 9.17) is 10.5 Å². The average Bonchev–Trinajstić information content (AvgIpc) is 2.55. The number of nitro benzene ring substituents is 1. The van der Waals surface area contributed by atoms with E-state index >= 15 is 0 Å². The molecule has 22 heavy (non-hydrogen) atoms. The quantitative estimate of drug-likeness (QED) is 0.528. The first kappa shape index (κ1) is 14.7. The fourth-order valence-corrected chi connectivity index (χ4v) is 1.73. The van der Waals surface area contributed by atoms with Crippen molar-refractivity contribution in [2.75, 3.05) is 5.43 Å². The Morgan fingerprint density at radius 3 is 2.36 bits per heavy atom. The Labute approximate surface area is 125 Å². The van der Waals surface area contributed by atoms with Gasteiger partial charge in [-0.05, 0) is 11.6 Å². The number of nitro groups is 1. The van der Waals surface area contributed by atoms with Crippen molar-refractivity contribution >= 4 is 17.6 Å². The van der Waals surface area contributed by atoms with Crippen molar-refractivity contribution in [3.8, 4) is 12.1 Å². The zero-order chi connectivity index (χ0) is 15.9. The van der Waals surface area contributed by atoms with Crippen LogP contribution in [0.15, 0.2) is 47.6 Å². The van der Waals surface area contributed by atoms with Crippen LogP contribution < -0.4 is 5.43 Å². The van der Waals surface area contributed by atoms with E-state index in [1.165, 1.54) is 12.3 Å². The molecule has 0 saturated carbocycles. The molecule has 0 aromatic heterocycles. The van der Waals surface area contributed by atoms with Gasteiger partial charge >= 0.3 is 0 Å². The van der Waals surface area contributed by atoms with Gasteiger partial charge in [0.1, 0.15) is 17.8 Å². The van der Waals surface area contributed by atoms with E-state index in [2.05, 4.69) is 10.5 Å². The maximum atomic E-state index is 11.0. The van der Waals surface area contributed by atoms with Gasteiger partial charge in [0, 0.05) is 6.07 Å². The third-order valence-electron chi connectivity index (χ3n) is 2.77. The number of nitrogens with zero attached hydrogens (tertiary/aromatic N) is 4. The Bertz CT molecular complexity index is 816. The summed E-state index contributed by atoms with van der Waals surface area (Å²) in [4.78, 5) is 10.4. The van der Waals surface area contributed by atoms with E-state index in [0.29, 0.717) is 0 Å². The van der Waals surface area contributed by atoms with Crippen LogP contribution in [0.3, 0.4) is 0 Å². The van der Waals surface area contributed by atoms with E-state index < -0.39 is 4.92 Å². The summed E-state index contributed by atoms with van der Waals surface area (Å²) in [6.45, 7) is 0. The number of hydrogen-bond acceptors (Lipinski definition) is 6. The Morgan fingerprint density at radius 1 is 1.14 bits per heavy atom. The first-order chi connectivity index (χ1) is 10.7. The van der Waals surface area contributed by atoms with Crippen LogP contribution in [0.5, 0.6) is 0 Å². The van der Waals surface area contributed by atoms with Gasteiger partial charge in [0.2, 0.25) is 0 Å². The zero-order valence-corrected chi connectivity index (χ0v) is 11.2. The summed E-state index contributed by atoms with van der Waals surface area (Å²) < 4.78 is 0. The van der Waals surface area contributed by atoms with Crippen LogP contribution in [0.2, 0.25) is 0 Å². The highest BCUT2D eigenvalue weighted by atomic mass is 16.6. The lowest BCUT2D eigenvalue weighted by atomic mass is 10.1. The minimum Gasteiger partial charge on any atom is -0.272 e. The van der Waals surface area contributed by atoms with Crippen molar-refractivity contribution < 1.29 is 4.92 Å². The molecule has 0 amide bonds. The number of rotatable bonds is 4. The Hall–Kier alpha value is -3.71. The Kier molecular flexibility index (Phi) is 4.43. The fraction of sp³-hybridized carbons (Fsp3) is 0. The molecule has 0 aliphatic carbocycles. The molecule has 7 nitrogen and oxygen atoms in total. The number of hydrogen-bond donors (Lipinski definition) is 1. The van der Waals surface area contributed by atoms with E-state index in [0.717, 1.165) is 11.6 Å². The van der Waals surface area contributed by atoms with Crippen LogP contribution in [-0.4, -0.2) is 11.1 Å². The van der Waals surface area contributed by atoms with Gasteiger partial charge in [-0.2, -0.15) is 15.6 Å². The number of nitriles is 2. The van der Waals surface area contributed by atoms with Crippen LogP contribution in [0.1, 0.15) is 16.7 Å². The highest BCUT2D eigenvalue weighted by molar-refractivity contribution is 5.80. The molecule has 0 saturated heterocycles. The van der Waals surface area contributed by atoms with Gasteiger partial charge in [-0.15, -0.1) is 0 Å². The molecule has 1 N–H and O–H groups in total. The van der Waals surface area contributed by atoms with Crippen molar-refractivity contribution in [2.24, 2.45) is 5.10 Å². The van der Waals surface area contributed by atoms with Crippen LogP contribution >= 0.6 is 0 Å². The minimum absolute atomic E-state index is 0.0468. The molecular formula is C15H9N5O2. The van der Waals surface area contributed by atoms with E-state index in [9.17, 15) is 10.1 Å². The minimum atomic E-state index is -0.637. The molecule has 0 heterocycles. The first-order valence-corrected chi connectivity index (χ1v) is 6.12. The molecule has 2 aromatic rings. The third kappa shape index (κ3) is 3.24. The summed E-state index contributed by atoms with van der Waals surface area (Å²) in [5.41, 5.74) is 3.08. The van der Waals surface area contributed by atoms with Gasteiger partial charge in [0.05, 0.1) is 22.3 Å². The lowest BCUT2D eigenvalue weighted by Gasteiger charge is -2.04. The third-order valence-corrected chi connectivity index (χ3v) is 2.77. The van der Waals surface area contributed by atoms with Gasteiger partial charge in [-0.1, -0.05) is 30.3 Å². The zero-order valence-electron chi connectivity index (χ0n) is 11.2. The van der Waals surface area contributed by atoms with Gasteiger partial charge in [0.15, 0.2) is 0 Å². The number of nitrogens with one attached hydrogen (secondary N) is 1. The molecular weight excluding hydrogens is 282 g/mol. The predicted octanol–water partition coefficient (Wildman–Crippen LogP) is 2.78. The van der Waals surface area contributed by atoms with Gasteiger partial charge < -0.3 is 0 Å². The Balaban J connectivity index is 2.34. The highest BCUT2D eigenvalue weighted by Gasteiger charge is 2.18. The topological polar surface area (TPSA) is 115 Å². The molecule has 2 rings (SSSR count). The molecule has 106 valence electrons. The monoisotopic (exact) mass is 291 g/mol. The van der Waals surface area contributed by atoms with Gasteiger partial charge in [0.25, 0.3) is 5.69 Å². The molecule has 0 aliphatic heterocycles. The summed E-state index contributed by atoms with van der Waals surface area (Å²) in [7, 11) is 0. The summed E-state index contributed by atoms with van der Waals surface area (Å²) in [5, 5.41) is 32.8. The summed E-state index contributed by atoms with van der Waals surface area (Å²) in [5.74, 6) is 0. The van der Waals surface area contributed by atoms with Crippen molar-refractivity contribution in [3.05, 3.63) is 69.3 Å². The van der Waals surface area contributed by atoms with Crippen molar-refractivity contribution in [2.45, 2.75) is 0 Å². The van der Waals surface area contributed by atoms with E-state index in [1.807, 2.05) is 36.4 Å². The smallest absolute Gasteiger partial charge is 0.272 e. The molecule has 2 aromatic carbocycles. The fourth-order valence-electron chi connectivity index (χ4n) is 1.73. The second-order valence-corrected chi connectivity index (χ2v) is 4.18. The standard InChI is InChI=1S/C15H9N5O2/c16-8-12-6-14(15(20(21)22)7-13(12)9-17)19-18-10-11-4-2-1-3-5-11/h1-7,10,19H/b18-10+. The van der Waals surface area contributed by atoms with Crippen molar-refractivity contribution in [1.82, 2.24) is 0 Å². The van der Waals surface area contributed by atoms with Crippen LogP contribution in [-0.2, 0) is 0 Å². The largest absolute Gasteiger partial charge is 0.295 e. The molecule has 0 bridgehead atoms. The maximum absolute atomic E-state index is 11.0. The molecule has 0 radical (unpaired) electrons. The maximum Gasteiger partial charge on any atom is 0.295 e. The normalized spacial score (nSPS) is 9.91.